The molecule has 0 heterocycles. The first-order valence-corrected chi connectivity index (χ1v) is 5.58. The van der Waals surface area contributed by atoms with Crippen molar-refractivity contribution in [1.82, 2.24) is 0 Å². The van der Waals surface area contributed by atoms with Gasteiger partial charge in [0.1, 0.15) is 17.5 Å². The molecule has 0 saturated carbocycles. The van der Waals surface area contributed by atoms with Crippen LogP contribution < -0.4 is 0 Å². The lowest BCUT2D eigenvalue weighted by atomic mass is 10.0. The Morgan fingerprint density at radius 2 is 1.67 bits per heavy atom. The van der Waals surface area contributed by atoms with E-state index in [4.69, 9.17) is 9.84 Å². The molecule has 0 radical (unpaired) electrons. The monoisotopic (exact) mass is 254 g/mol. The summed E-state index contributed by atoms with van der Waals surface area (Å²) in [6, 6.07) is 5.57. The fourth-order valence-corrected chi connectivity index (χ4v) is 1.34. The molecule has 1 aromatic rings. The highest BCUT2D eigenvalue weighted by atomic mass is 16.6. The summed E-state index contributed by atoms with van der Waals surface area (Å²) >= 11 is 0. The van der Waals surface area contributed by atoms with Crippen molar-refractivity contribution in [2.75, 3.05) is 0 Å². The lowest BCUT2D eigenvalue weighted by Gasteiger charge is -2.24. The second-order valence-electron chi connectivity index (χ2n) is 5.01. The average Bonchev–Trinajstić information content (AvgIpc) is 2.26. The molecule has 0 aliphatic rings. The lowest BCUT2D eigenvalue weighted by molar-refractivity contribution is -0.171. The third kappa shape index (κ3) is 4.01. The Kier molecular flexibility index (Phi) is 4.32. The molecule has 18 heavy (non-hydrogen) atoms. The Morgan fingerprint density at radius 3 is 2.11 bits per heavy atom. The number of carbonyl (C=O) groups excluding carboxylic acids is 1. The van der Waals surface area contributed by atoms with Crippen LogP contribution in [0.4, 0.5) is 0 Å². The molecule has 0 aromatic heterocycles. The molecule has 3 N–H and O–H groups in total. The van der Waals surface area contributed by atoms with Crippen LogP contribution in [0.5, 0.6) is 5.75 Å². The van der Waals surface area contributed by atoms with Crippen molar-refractivity contribution < 1.29 is 24.9 Å². The number of carbonyl (C=O) groups is 1. The molecule has 2 unspecified atom stereocenters. The van der Waals surface area contributed by atoms with E-state index in [1.165, 1.54) is 24.3 Å². The van der Waals surface area contributed by atoms with Gasteiger partial charge in [0.15, 0.2) is 6.10 Å². The summed E-state index contributed by atoms with van der Waals surface area (Å²) in [4.78, 5) is 11.6. The number of rotatable bonds is 3. The summed E-state index contributed by atoms with van der Waals surface area (Å²) in [6.07, 6.45) is -3.05. The molecule has 0 saturated heterocycles. The predicted octanol–water partition coefficient (Wildman–Crippen LogP) is 1.13. The maximum atomic E-state index is 11.6. The molecule has 2 atom stereocenters. The van der Waals surface area contributed by atoms with E-state index in [-0.39, 0.29) is 5.75 Å². The van der Waals surface area contributed by atoms with Gasteiger partial charge in [-0.2, -0.15) is 0 Å². The Bertz CT molecular complexity index is 404. The topological polar surface area (TPSA) is 87.0 Å². The van der Waals surface area contributed by atoms with Crippen molar-refractivity contribution in [1.29, 1.82) is 0 Å². The predicted molar refractivity (Wildman–Crippen MR) is 64.9 cm³/mol. The van der Waals surface area contributed by atoms with Crippen LogP contribution in [0, 0.1) is 0 Å². The summed E-state index contributed by atoms with van der Waals surface area (Å²) in [7, 11) is 0. The zero-order chi connectivity index (χ0) is 13.9. The first kappa shape index (κ1) is 14.5. The van der Waals surface area contributed by atoms with Crippen LogP contribution in [0.15, 0.2) is 24.3 Å². The van der Waals surface area contributed by atoms with Gasteiger partial charge in [0.05, 0.1) is 0 Å². The molecule has 1 aromatic carbocycles. The van der Waals surface area contributed by atoms with Gasteiger partial charge in [-0.15, -0.1) is 0 Å². The highest BCUT2D eigenvalue weighted by Gasteiger charge is 2.30. The van der Waals surface area contributed by atoms with Gasteiger partial charge in [0.2, 0.25) is 0 Å². The SMILES string of the molecule is CC(C)(C)OC(=O)C(O)C(O)c1ccc(O)cc1. The van der Waals surface area contributed by atoms with E-state index in [0.717, 1.165) is 0 Å². The van der Waals surface area contributed by atoms with Gasteiger partial charge in [-0.25, -0.2) is 4.79 Å². The summed E-state index contributed by atoms with van der Waals surface area (Å²) in [5.74, 6) is -0.846. The van der Waals surface area contributed by atoms with Gasteiger partial charge in [0.25, 0.3) is 0 Å². The molecule has 0 fully saturated rings. The van der Waals surface area contributed by atoms with E-state index in [1.54, 1.807) is 20.8 Å². The van der Waals surface area contributed by atoms with E-state index in [2.05, 4.69) is 0 Å². The van der Waals surface area contributed by atoms with E-state index in [9.17, 15) is 15.0 Å². The molecule has 0 spiro atoms. The number of hydrogen-bond donors (Lipinski definition) is 3. The second kappa shape index (κ2) is 5.37. The smallest absolute Gasteiger partial charge is 0.338 e. The zero-order valence-corrected chi connectivity index (χ0v) is 10.6. The third-order valence-electron chi connectivity index (χ3n) is 2.18. The van der Waals surface area contributed by atoms with Crippen molar-refractivity contribution in [3.63, 3.8) is 0 Å². The number of ether oxygens (including phenoxy) is 1. The van der Waals surface area contributed by atoms with Crippen molar-refractivity contribution in [3.8, 4) is 5.75 Å². The zero-order valence-electron chi connectivity index (χ0n) is 10.6. The fraction of sp³-hybridized carbons (Fsp3) is 0.462. The minimum absolute atomic E-state index is 0.0395. The van der Waals surface area contributed by atoms with Gasteiger partial charge in [-0.3, -0.25) is 0 Å². The average molecular weight is 254 g/mol. The number of aliphatic hydroxyl groups is 2. The van der Waals surface area contributed by atoms with E-state index in [0.29, 0.717) is 5.56 Å². The number of phenols is 1. The number of aliphatic hydroxyl groups excluding tert-OH is 2. The Morgan fingerprint density at radius 1 is 1.17 bits per heavy atom. The summed E-state index contributed by atoms with van der Waals surface area (Å²) in [5, 5.41) is 28.6. The Hall–Kier alpha value is -1.59. The fourth-order valence-electron chi connectivity index (χ4n) is 1.34. The van der Waals surface area contributed by atoms with Crippen LogP contribution in [-0.2, 0) is 9.53 Å². The van der Waals surface area contributed by atoms with Crippen LogP contribution >= 0.6 is 0 Å². The number of esters is 1. The molecule has 0 aliphatic carbocycles. The van der Waals surface area contributed by atoms with Crippen LogP contribution in [0.2, 0.25) is 0 Å². The molecule has 5 heteroatoms. The van der Waals surface area contributed by atoms with Gasteiger partial charge in [-0.1, -0.05) is 12.1 Å². The van der Waals surface area contributed by atoms with Crippen LogP contribution in [0.1, 0.15) is 32.4 Å². The minimum atomic E-state index is -1.66. The molecule has 0 amide bonds. The molecule has 5 nitrogen and oxygen atoms in total. The number of phenolic OH excluding ortho intramolecular Hbond substituents is 1. The maximum absolute atomic E-state index is 11.6. The largest absolute Gasteiger partial charge is 0.508 e. The maximum Gasteiger partial charge on any atom is 0.338 e. The second-order valence-corrected chi connectivity index (χ2v) is 5.01. The number of aromatic hydroxyl groups is 1. The molecule has 0 bridgehead atoms. The van der Waals surface area contributed by atoms with Crippen LogP contribution in [0.25, 0.3) is 0 Å². The molecular formula is C13H18O5. The van der Waals surface area contributed by atoms with Gasteiger partial charge < -0.3 is 20.1 Å². The Labute approximate surface area is 106 Å². The first-order chi connectivity index (χ1) is 8.20. The highest BCUT2D eigenvalue weighted by molar-refractivity contribution is 5.75. The van der Waals surface area contributed by atoms with Gasteiger partial charge in [0, 0.05) is 0 Å². The standard InChI is InChI=1S/C13H18O5/c1-13(2,3)18-12(17)11(16)10(15)8-4-6-9(14)7-5-8/h4-7,10-11,14-16H,1-3H3. The normalized spacial score (nSPS) is 14.9. The molecular weight excluding hydrogens is 236 g/mol. The summed E-state index contributed by atoms with van der Waals surface area (Å²) in [5.41, 5.74) is -0.404. The van der Waals surface area contributed by atoms with Crippen LogP contribution in [0.3, 0.4) is 0 Å². The van der Waals surface area contributed by atoms with Crippen LogP contribution in [-0.4, -0.2) is 33.0 Å². The van der Waals surface area contributed by atoms with E-state index >= 15 is 0 Å². The van der Waals surface area contributed by atoms with Crippen molar-refractivity contribution in [3.05, 3.63) is 29.8 Å². The lowest BCUT2D eigenvalue weighted by Crippen LogP contribution is -2.35. The highest BCUT2D eigenvalue weighted by Crippen LogP contribution is 2.21. The van der Waals surface area contributed by atoms with E-state index in [1.807, 2.05) is 0 Å². The summed E-state index contributed by atoms with van der Waals surface area (Å²) < 4.78 is 4.97. The van der Waals surface area contributed by atoms with Crippen molar-refractivity contribution >= 4 is 5.97 Å². The third-order valence-corrected chi connectivity index (χ3v) is 2.18. The molecule has 100 valence electrons. The number of benzene rings is 1. The molecule has 1 rings (SSSR count). The first-order valence-electron chi connectivity index (χ1n) is 5.58. The summed E-state index contributed by atoms with van der Waals surface area (Å²) in [6.45, 7) is 5.01. The van der Waals surface area contributed by atoms with E-state index < -0.39 is 23.8 Å². The minimum Gasteiger partial charge on any atom is -0.508 e. The van der Waals surface area contributed by atoms with Gasteiger partial charge >= 0.3 is 5.97 Å². The van der Waals surface area contributed by atoms with Crippen molar-refractivity contribution in [2.45, 2.75) is 38.6 Å². The van der Waals surface area contributed by atoms with Gasteiger partial charge in [-0.05, 0) is 38.5 Å². The Balaban J connectivity index is 2.74. The number of hydrogen-bond acceptors (Lipinski definition) is 5. The molecule has 0 aliphatic heterocycles. The van der Waals surface area contributed by atoms with Crippen molar-refractivity contribution in [2.24, 2.45) is 0 Å². The quantitative estimate of drug-likeness (QED) is 0.704.